The maximum atomic E-state index is 13.3. The van der Waals surface area contributed by atoms with Crippen LogP contribution >= 0.6 is 0 Å². The van der Waals surface area contributed by atoms with Gasteiger partial charge in [0.1, 0.15) is 22.4 Å². The Bertz CT molecular complexity index is 1540. The van der Waals surface area contributed by atoms with Crippen molar-refractivity contribution >= 4 is 39.5 Å². The van der Waals surface area contributed by atoms with Gasteiger partial charge in [-0.3, -0.25) is 9.78 Å². The molecule has 3 N–H and O–H groups in total. The minimum Gasteiger partial charge on any atom is -0.444 e. The summed E-state index contributed by atoms with van der Waals surface area (Å²) in [5.41, 5.74) is 8.83. The Labute approximate surface area is 260 Å². The van der Waals surface area contributed by atoms with Crippen molar-refractivity contribution in [2.75, 3.05) is 26.2 Å². The number of sulfonamides is 1. The first-order valence-electron chi connectivity index (χ1n) is 15.1. The molecule has 1 fully saturated rings. The molecule has 2 aliphatic rings. The molecule has 0 aliphatic carbocycles. The van der Waals surface area contributed by atoms with Gasteiger partial charge in [-0.05, 0) is 57.9 Å². The Kier molecular flexibility index (Phi) is 10.6. The number of carbonyl (C=O) groups is 2. The molecule has 0 spiro atoms. The molecule has 1 saturated heterocycles. The quantitative estimate of drug-likeness (QED) is 0.340. The van der Waals surface area contributed by atoms with Crippen LogP contribution in [-0.4, -0.2) is 73.4 Å². The molecular formula is C32H43N5O6S. The standard InChI is InChI=1S/C32H43N5O6S/c1-6-8-9-28(42-7-2)30(38)24-12-23-11-10-22(14-27(23)36-29(33)15-24)25-13-26(18-34-17-25)44(40,41)37-19-21(20-37)16-35-31(39)43-32(3,4)5/h10-14,17-18,21,28H,6-9,15-16,19-20H2,1-5H3,(H2,33,36)(H,35,39). The van der Waals surface area contributed by atoms with E-state index in [1.807, 2.05) is 31.2 Å². The molecule has 1 aromatic carbocycles. The van der Waals surface area contributed by atoms with Gasteiger partial charge >= 0.3 is 6.09 Å². The normalized spacial score (nSPS) is 16.6. The molecule has 0 saturated carbocycles. The molecule has 3 heterocycles. The Morgan fingerprint density at radius 3 is 2.57 bits per heavy atom. The van der Waals surface area contributed by atoms with Gasteiger partial charge in [-0.2, -0.15) is 4.31 Å². The lowest BCUT2D eigenvalue weighted by Crippen LogP contribution is -2.53. The predicted octanol–water partition coefficient (Wildman–Crippen LogP) is 4.83. The van der Waals surface area contributed by atoms with E-state index in [1.54, 1.807) is 33.0 Å². The number of hydrogen-bond donors (Lipinski definition) is 2. The maximum Gasteiger partial charge on any atom is 0.407 e. The fraction of sp³-hybridized carbons (Fsp3) is 0.500. The third-order valence-electron chi connectivity index (χ3n) is 7.33. The summed E-state index contributed by atoms with van der Waals surface area (Å²) in [6, 6.07) is 7.10. The van der Waals surface area contributed by atoms with E-state index in [9.17, 15) is 18.0 Å². The number of ether oxygens (including phenoxy) is 2. The molecule has 0 radical (unpaired) electrons. The van der Waals surface area contributed by atoms with Gasteiger partial charge in [0.05, 0.1) is 5.69 Å². The number of nitrogens with two attached hydrogens (primary N) is 1. The van der Waals surface area contributed by atoms with Crippen LogP contribution in [0.1, 0.15) is 65.9 Å². The number of amidine groups is 1. The molecule has 1 aromatic heterocycles. The summed E-state index contributed by atoms with van der Waals surface area (Å²) in [5, 5.41) is 2.70. The van der Waals surface area contributed by atoms with Gasteiger partial charge < -0.3 is 20.5 Å². The molecular weight excluding hydrogens is 582 g/mol. The van der Waals surface area contributed by atoms with E-state index in [0.29, 0.717) is 47.8 Å². The molecule has 1 unspecified atom stereocenters. The second-order valence-electron chi connectivity index (χ2n) is 12.2. The van der Waals surface area contributed by atoms with Crippen molar-refractivity contribution in [1.29, 1.82) is 0 Å². The Hall–Kier alpha value is -3.61. The molecule has 11 nitrogen and oxygen atoms in total. The fourth-order valence-electron chi connectivity index (χ4n) is 5.07. The Morgan fingerprint density at radius 1 is 1.14 bits per heavy atom. The van der Waals surface area contributed by atoms with Crippen LogP contribution in [0.3, 0.4) is 0 Å². The number of nitrogens with one attached hydrogen (secondary N) is 1. The number of alkyl carbamates (subject to hydrolysis) is 1. The number of nitrogens with zero attached hydrogens (tertiary/aromatic N) is 3. The van der Waals surface area contributed by atoms with Crippen molar-refractivity contribution in [3.05, 3.63) is 47.8 Å². The summed E-state index contributed by atoms with van der Waals surface area (Å²) >= 11 is 0. The van der Waals surface area contributed by atoms with Crippen molar-refractivity contribution in [1.82, 2.24) is 14.6 Å². The van der Waals surface area contributed by atoms with Crippen molar-refractivity contribution in [3.63, 3.8) is 0 Å². The van der Waals surface area contributed by atoms with Crippen LogP contribution in [0.5, 0.6) is 0 Å². The first kappa shape index (κ1) is 33.3. The molecule has 0 bridgehead atoms. The summed E-state index contributed by atoms with van der Waals surface area (Å²) in [6.45, 7) is 10.6. The van der Waals surface area contributed by atoms with E-state index in [4.69, 9.17) is 15.2 Å². The predicted molar refractivity (Wildman–Crippen MR) is 170 cm³/mol. The first-order chi connectivity index (χ1) is 20.8. The van der Waals surface area contributed by atoms with E-state index in [1.165, 1.54) is 10.5 Å². The zero-order valence-corrected chi connectivity index (χ0v) is 26.9. The number of amides is 1. The third kappa shape index (κ3) is 8.30. The summed E-state index contributed by atoms with van der Waals surface area (Å²) < 4.78 is 39.1. The van der Waals surface area contributed by atoms with Gasteiger partial charge in [0, 0.05) is 67.7 Å². The minimum atomic E-state index is -3.78. The van der Waals surface area contributed by atoms with Crippen LogP contribution < -0.4 is 11.1 Å². The van der Waals surface area contributed by atoms with E-state index < -0.39 is 27.8 Å². The highest BCUT2D eigenvalue weighted by atomic mass is 32.2. The second kappa shape index (κ2) is 14.0. The number of carbonyl (C=O) groups excluding carboxylic acids is 2. The van der Waals surface area contributed by atoms with Crippen LogP contribution in [0, 0.1) is 5.92 Å². The smallest absolute Gasteiger partial charge is 0.407 e. The molecule has 4 rings (SSSR count). The van der Waals surface area contributed by atoms with Gasteiger partial charge in [-0.25, -0.2) is 18.2 Å². The number of rotatable bonds is 12. The number of ketones is 1. The molecule has 2 aliphatic heterocycles. The molecule has 2 aromatic rings. The second-order valence-corrected chi connectivity index (χ2v) is 14.1. The van der Waals surface area contributed by atoms with Crippen LogP contribution in [0.2, 0.25) is 0 Å². The van der Waals surface area contributed by atoms with Gasteiger partial charge in [0.2, 0.25) is 10.0 Å². The number of aromatic nitrogens is 1. The Morgan fingerprint density at radius 2 is 1.89 bits per heavy atom. The average molecular weight is 626 g/mol. The van der Waals surface area contributed by atoms with Gasteiger partial charge in [0.15, 0.2) is 5.78 Å². The summed E-state index contributed by atoms with van der Waals surface area (Å²) in [5.74, 6) is 0.224. The lowest BCUT2D eigenvalue weighted by Gasteiger charge is -2.38. The number of hydrogen-bond acceptors (Lipinski definition) is 9. The topological polar surface area (TPSA) is 153 Å². The number of Topliss-reactive ketones (excluding diaryl/α,β-unsaturated/α-hetero) is 1. The molecule has 1 amide bonds. The van der Waals surface area contributed by atoms with Crippen molar-refractivity contribution < 1.29 is 27.5 Å². The summed E-state index contributed by atoms with van der Waals surface area (Å²) in [7, 11) is -3.78. The first-order valence-corrected chi connectivity index (χ1v) is 16.5. The Balaban J connectivity index is 1.48. The van der Waals surface area contributed by atoms with Crippen LogP contribution in [0.15, 0.2) is 52.1 Å². The maximum absolute atomic E-state index is 13.3. The zero-order valence-electron chi connectivity index (χ0n) is 26.1. The van der Waals surface area contributed by atoms with Crippen molar-refractivity contribution in [2.24, 2.45) is 16.6 Å². The lowest BCUT2D eigenvalue weighted by atomic mass is 9.96. The highest BCUT2D eigenvalue weighted by Gasteiger charge is 2.37. The lowest BCUT2D eigenvalue weighted by molar-refractivity contribution is -0.126. The number of benzene rings is 1. The van der Waals surface area contributed by atoms with E-state index in [-0.39, 0.29) is 36.1 Å². The summed E-state index contributed by atoms with van der Waals surface area (Å²) in [4.78, 5) is 34.1. The zero-order chi connectivity index (χ0) is 32.1. The average Bonchev–Trinajstić information content (AvgIpc) is 3.10. The minimum absolute atomic E-state index is 0.0124. The highest BCUT2D eigenvalue weighted by molar-refractivity contribution is 7.89. The molecule has 238 valence electrons. The van der Waals surface area contributed by atoms with Crippen LogP contribution in [0.4, 0.5) is 10.5 Å². The van der Waals surface area contributed by atoms with Crippen molar-refractivity contribution in [3.8, 4) is 11.1 Å². The number of aliphatic imine (C=N–C) groups is 1. The van der Waals surface area contributed by atoms with Crippen LogP contribution in [0.25, 0.3) is 17.2 Å². The third-order valence-corrected chi connectivity index (χ3v) is 9.13. The largest absolute Gasteiger partial charge is 0.444 e. The fourth-order valence-corrected chi connectivity index (χ4v) is 6.65. The van der Waals surface area contributed by atoms with E-state index in [2.05, 4.69) is 22.2 Å². The van der Waals surface area contributed by atoms with Gasteiger partial charge in [0.25, 0.3) is 0 Å². The number of fused-ring (bicyclic) bond motifs is 1. The summed E-state index contributed by atoms with van der Waals surface area (Å²) in [6.07, 6.45) is 6.43. The van der Waals surface area contributed by atoms with Crippen LogP contribution in [-0.2, 0) is 24.3 Å². The van der Waals surface area contributed by atoms with E-state index >= 15 is 0 Å². The SMILES string of the molecule is CCCCC(OCC)C(=O)C1=Cc2ccc(-c3cncc(S(=O)(=O)N4CC(CNC(=O)OC(C)(C)C)C4)c3)cc2N=C(N)C1. The van der Waals surface area contributed by atoms with Gasteiger partial charge in [-0.1, -0.05) is 31.9 Å². The molecule has 44 heavy (non-hydrogen) atoms. The van der Waals surface area contributed by atoms with Gasteiger partial charge in [-0.15, -0.1) is 0 Å². The highest BCUT2D eigenvalue weighted by Crippen LogP contribution is 2.34. The van der Waals surface area contributed by atoms with E-state index in [0.717, 1.165) is 18.4 Å². The molecule has 12 heteroatoms. The monoisotopic (exact) mass is 625 g/mol. The number of pyridine rings is 1. The van der Waals surface area contributed by atoms with Crippen molar-refractivity contribution in [2.45, 2.75) is 76.9 Å². The molecule has 1 atom stereocenters. The number of unbranched alkanes of at least 4 members (excludes halogenated alkanes) is 1.